The number of halogens is 1. The summed E-state index contributed by atoms with van der Waals surface area (Å²) in [5.74, 6) is 1.95. The van der Waals surface area contributed by atoms with E-state index in [1.807, 2.05) is 7.05 Å². The summed E-state index contributed by atoms with van der Waals surface area (Å²) in [7, 11) is 1.90. The van der Waals surface area contributed by atoms with Gasteiger partial charge in [0.1, 0.15) is 0 Å². The first-order chi connectivity index (χ1) is 9.95. The second-order valence-electron chi connectivity index (χ2n) is 6.92. The first-order valence-electron chi connectivity index (χ1n) is 8.67. The fraction of sp³-hybridized carbons (Fsp3) is 0.941. The van der Waals surface area contributed by atoms with E-state index < -0.39 is 0 Å². The monoisotopic (exact) mass is 424 g/mol. The van der Waals surface area contributed by atoms with Gasteiger partial charge in [0.2, 0.25) is 0 Å². The van der Waals surface area contributed by atoms with E-state index in [0.717, 1.165) is 38.1 Å². The molecule has 0 aromatic heterocycles. The average Bonchev–Trinajstić information content (AvgIpc) is 2.43. The van der Waals surface area contributed by atoms with Crippen LogP contribution in [-0.4, -0.2) is 61.1 Å². The fourth-order valence-corrected chi connectivity index (χ4v) is 3.13. The highest BCUT2D eigenvalue weighted by atomic mass is 127. The number of nitrogens with zero attached hydrogens (tertiary/aromatic N) is 3. The predicted octanol–water partition coefficient (Wildman–Crippen LogP) is 3.42. The minimum absolute atomic E-state index is 0. The van der Waals surface area contributed by atoms with Gasteiger partial charge in [0.25, 0.3) is 0 Å². The molecule has 1 fully saturated rings. The van der Waals surface area contributed by atoms with Gasteiger partial charge in [-0.3, -0.25) is 9.89 Å². The van der Waals surface area contributed by atoms with Gasteiger partial charge in [0.15, 0.2) is 5.96 Å². The third-order valence-electron chi connectivity index (χ3n) is 4.50. The Kier molecular flexibility index (Phi) is 11.5. The topological polar surface area (TPSA) is 30.9 Å². The van der Waals surface area contributed by atoms with Gasteiger partial charge in [0, 0.05) is 45.3 Å². The minimum Gasteiger partial charge on any atom is -0.356 e. The summed E-state index contributed by atoms with van der Waals surface area (Å²) in [6.45, 7) is 15.9. The average molecular weight is 424 g/mol. The lowest BCUT2D eigenvalue weighted by molar-refractivity contribution is 0.173. The summed E-state index contributed by atoms with van der Waals surface area (Å²) in [6, 6.07) is 1.24. The highest BCUT2D eigenvalue weighted by Crippen LogP contribution is 2.15. The van der Waals surface area contributed by atoms with Gasteiger partial charge in [-0.15, -0.1) is 24.0 Å². The predicted molar refractivity (Wildman–Crippen MR) is 108 cm³/mol. The molecule has 1 N–H and O–H groups in total. The molecule has 0 unspecified atom stereocenters. The van der Waals surface area contributed by atoms with Crippen molar-refractivity contribution in [2.24, 2.45) is 10.9 Å². The number of likely N-dealkylation sites (tertiary alicyclic amines) is 1. The normalized spacial score (nSPS) is 17.3. The Labute approximate surface area is 155 Å². The molecule has 1 heterocycles. The van der Waals surface area contributed by atoms with Crippen LogP contribution in [-0.2, 0) is 0 Å². The molecule has 1 aliphatic rings. The molecule has 0 spiro atoms. The van der Waals surface area contributed by atoms with Crippen LogP contribution in [0.2, 0.25) is 0 Å². The number of piperidine rings is 1. The van der Waals surface area contributed by atoms with Crippen LogP contribution in [0.5, 0.6) is 0 Å². The zero-order valence-electron chi connectivity index (χ0n) is 15.4. The van der Waals surface area contributed by atoms with Gasteiger partial charge < -0.3 is 10.2 Å². The summed E-state index contributed by atoms with van der Waals surface area (Å²) < 4.78 is 0. The van der Waals surface area contributed by atoms with Gasteiger partial charge in [-0.25, -0.2) is 0 Å². The van der Waals surface area contributed by atoms with E-state index in [1.165, 1.54) is 19.3 Å². The molecule has 132 valence electrons. The van der Waals surface area contributed by atoms with Crippen LogP contribution in [0.15, 0.2) is 4.99 Å². The standard InChI is InChI=1S/C17H36N4.HI/c1-14(2)21(15(3)4)11-7-10-19-17(18-6)20-12-8-16(5)9-13-20;/h14-16H,7-13H2,1-6H3,(H,18,19);1H. The number of hydrogen-bond acceptors (Lipinski definition) is 2. The van der Waals surface area contributed by atoms with Crippen molar-refractivity contribution in [1.29, 1.82) is 0 Å². The molecule has 0 amide bonds. The molecule has 1 saturated heterocycles. The van der Waals surface area contributed by atoms with Gasteiger partial charge >= 0.3 is 0 Å². The lowest BCUT2D eigenvalue weighted by Crippen LogP contribution is -2.46. The van der Waals surface area contributed by atoms with Gasteiger partial charge in [-0.2, -0.15) is 0 Å². The summed E-state index contributed by atoms with van der Waals surface area (Å²) in [6.07, 6.45) is 3.74. The Balaban J connectivity index is 0.00000441. The first kappa shape index (κ1) is 22.0. The highest BCUT2D eigenvalue weighted by Gasteiger charge is 2.18. The second-order valence-corrected chi connectivity index (χ2v) is 6.92. The van der Waals surface area contributed by atoms with Crippen molar-refractivity contribution in [3.8, 4) is 0 Å². The number of rotatable bonds is 6. The van der Waals surface area contributed by atoms with Crippen LogP contribution in [0.4, 0.5) is 0 Å². The number of nitrogens with one attached hydrogen (secondary N) is 1. The SMILES string of the molecule is CN=C(NCCCN(C(C)C)C(C)C)N1CCC(C)CC1.I. The Hall–Kier alpha value is -0.0400. The smallest absolute Gasteiger partial charge is 0.193 e. The zero-order valence-corrected chi connectivity index (χ0v) is 17.8. The van der Waals surface area contributed by atoms with Crippen LogP contribution in [0.3, 0.4) is 0 Å². The molecular weight excluding hydrogens is 387 g/mol. The first-order valence-corrected chi connectivity index (χ1v) is 8.67. The van der Waals surface area contributed by atoms with Crippen LogP contribution < -0.4 is 5.32 Å². The molecule has 1 aliphatic heterocycles. The molecule has 0 aliphatic carbocycles. The summed E-state index contributed by atoms with van der Waals surface area (Å²) >= 11 is 0. The van der Waals surface area contributed by atoms with Crippen molar-refractivity contribution >= 4 is 29.9 Å². The third kappa shape index (κ3) is 7.49. The molecule has 0 bridgehead atoms. The zero-order chi connectivity index (χ0) is 15.8. The van der Waals surface area contributed by atoms with Gasteiger partial charge in [-0.05, 0) is 52.9 Å². The van der Waals surface area contributed by atoms with Crippen molar-refractivity contribution in [3.63, 3.8) is 0 Å². The molecular formula is C17H37IN4. The van der Waals surface area contributed by atoms with Crippen molar-refractivity contribution in [2.75, 3.05) is 33.2 Å². The summed E-state index contributed by atoms with van der Waals surface area (Å²) in [5, 5.41) is 3.54. The minimum atomic E-state index is 0. The number of hydrogen-bond donors (Lipinski definition) is 1. The molecule has 0 atom stereocenters. The fourth-order valence-electron chi connectivity index (χ4n) is 3.13. The summed E-state index contributed by atoms with van der Waals surface area (Å²) in [4.78, 5) is 9.40. The second kappa shape index (κ2) is 11.5. The van der Waals surface area contributed by atoms with Crippen LogP contribution in [0.25, 0.3) is 0 Å². The molecule has 5 heteroatoms. The molecule has 0 aromatic rings. The third-order valence-corrected chi connectivity index (χ3v) is 4.50. The van der Waals surface area contributed by atoms with Gasteiger partial charge in [-0.1, -0.05) is 6.92 Å². The van der Waals surface area contributed by atoms with E-state index in [-0.39, 0.29) is 24.0 Å². The Morgan fingerprint density at radius 2 is 1.73 bits per heavy atom. The molecule has 1 rings (SSSR count). The maximum absolute atomic E-state index is 4.44. The number of aliphatic imine (C=N–C) groups is 1. The van der Waals surface area contributed by atoms with E-state index in [9.17, 15) is 0 Å². The van der Waals surface area contributed by atoms with Crippen LogP contribution >= 0.6 is 24.0 Å². The lowest BCUT2D eigenvalue weighted by Gasteiger charge is -2.33. The molecule has 0 aromatic carbocycles. The van der Waals surface area contributed by atoms with E-state index in [0.29, 0.717) is 12.1 Å². The Morgan fingerprint density at radius 1 is 1.18 bits per heavy atom. The van der Waals surface area contributed by atoms with Crippen LogP contribution in [0, 0.1) is 5.92 Å². The van der Waals surface area contributed by atoms with Gasteiger partial charge in [0.05, 0.1) is 0 Å². The maximum atomic E-state index is 4.44. The van der Waals surface area contributed by atoms with E-state index in [4.69, 9.17) is 0 Å². The Morgan fingerprint density at radius 3 is 2.18 bits per heavy atom. The quantitative estimate of drug-likeness (QED) is 0.307. The van der Waals surface area contributed by atoms with E-state index in [2.05, 4.69) is 54.7 Å². The molecule has 4 nitrogen and oxygen atoms in total. The lowest BCUT2D eigenvalue weighted by atomic mass is 10.00. The van der Waals surface area contributed by atoms with Crippen molar-refractivity contribution in [1.82, 2.24) is 15.1 Å². The highest BCUT2D eigenvalue weighted by molar-refractivity contribution is 14.0. The van der Waals surface area contributed by atoms with E-state index in [1.54, 1.807) is 0 Å². The maximum Gasteiger partial charge on any atom is 0.193 e. The van der Waals surface area contributed by atoms with E-state index >= 15 is 0 Å². The molecule has 0 saturated carbocycles. The van der Waals surface area contributed by atoms with Crippen LogP contribution in [0.1, 0.15) is 53.9 Å². The van der Waals surface area contributed by atoms with Crippen molar-refractivity contribution in [2.45, 2.75) is 66.0 Å². The Bertz CT molecular complexity index is 302. The summed E-state index contributed by atoms with van der Waals surface area (Å²) in [5.41, 5.74) is 0. The largest absolute Gasteiger partial charge is 0.356 e. The van der Waals surface area contributed by atoms with Crippen molar-refractivity contribution in [3.05, 3.63) is 0 Å². The van der Waals surface area contributed by atoms with Crippen molar-refractivity contribution < 1.29 is 0 Å². The number of guanidine groups is 1. The molecule has 0 radical (unpaired) electrons. The molecule has 22 heavy (non-hydrogen) atoms.